The summed E-state index contributed by atoms with van der Waals surface area (Å²) in [7, 11) is -1.04. The smallest absolute Gasteiger partial charge is 0.354 e. The van der Waals surface area contributed by atoms with Crippen molar-refractivity contribution >= 4 is 33.3 Å². The van der Waals surface area contributed by atoms with Gasteiger partial charge in [-0.05, 0) is 42.5 Å². The molecule has 1 heterocycles. The summed E-state index contributed by atoms with van der Waals surface area (Å²) >= 11 is 6.07. The zero-order valence-corrected chi connectivity index (χ0v) is 18.5. The molecule has 2 aromatic carbocycles. The van der Waals surface area contributed by atoms with Crippen molar-refractivity contribution in [3.05, 3.63) is 76.6 Å². The lowest BCUT2D eigenvalue weighted by Crippen LogP contribution is -2.13. The quantitative estimate of drug-likeness (QED) is 0.526. The van der Waals surface area contributed by atoms with Crippen LogP contribution in [-0.2, 0) is 10.0 Å². The molecule has 0 aliphatic rings. The predicted octanol–water partition coefficient (Wildman–Crippen LogP) is 3.65. The van der Waals surface area contributed by atoms with E-state index in [0.29, 0.717) is 21.9 Å². The Morgan fingerprint density at radius 3 is 2.34 bits per heavy atom. The zero-order valence-electron chi connectivity index (χ0n) is 16.9. The van der Waals surface area contributed by atoms with Crippen LogP contribution >= 0.6 is 11.6 Å². The molecule has 0 unspecified atom stereocenters. The highest BCUT2D eigenvalue weighted by molar-refractivity contribution is 7.92. The standard InChI is InChI=1S/C22H17ClN2O6S/c1-30-17-6-8-18(9-7-17)32(28,29)25-19-10-5-16(23)11-14(19)3-4-15-13-24-20(22(26)27)12-21(15)31-2/h5-13,25H,1-2H3,(H,26,27). The molecule has 2 N–H and O–H groups in total. The monoisotopic (exact) mass is 472 g/mol. The third-order valence-corrected chi connectivity index (χ3v) is 5.85. The molecule has 32 heavy (non-hydrogen) atoms. The number of carboxylic acids is 1. The highest BCUT2D eigenvalue weighted by Gasteiger charge is 2.16. The number of methoxy groups -OCH3 is 2. The van der Waals surface area contributed by atoms with E-state index >= 15 is 0 Å². The van der Waals surface area contributed by atoms with Crippen LogP contribution < -0.4 is 14.2 Å². The second-order valence-corrected chi connectivity index (χ2v) is 8.41. The van der Waals surface area contributed by atoms with Crippen LogP contribution in [0.4, 0.5) is 5.69 Å². The zero-order chi connectivity index (χ0) is 23.3. The molecule has 3 rings (SSSR count). The Kier molecular flexibility index (Phi) is 6.88. The second-order valence-electron chi connectivity index (χ2n) is 6.30. The fraction of sp³-hybridized carbons (Fsp3) is 0.0909. The molecule has 0 saturated heterocycles. The van der Waals surface area contributed by atoms with Crippen LogP contribution in [0.15, 0.2) is 59.6 Å². The van der Waals surface area contributed by atoms with E-state index in [1.165, 1.54) is 68.9 Å². The van der Waals surface area contributed by atoms with E-state index in [-0.39, 0.29) is 22.0 Å². The van der Waals surface area contributed by atoms with Crippen LogP contribution in [0.3, 0.4) is 0 Å². The van der Waals surface area contributed by atoms with Crippen LogP contribution in [0, 0.1) is 11.8 Å². The topological polar surface area (TPSA) is 115 Å². The minimum atomic E-state index is -3.90. The summed E-state index contributed by atoms with van der Waals surface area (Å²) in [5.74, 6) is 5.19. The summed E-state index contributed by atoms with van der Waals surface area (Å²) in [5, 5.41) is 9.42. The lowest BCUT2D eigenvalue weighted by atomic mass is 10.1. The van der Waals surface area contributed by atoms with Gasteiger partial charge in [-0.15, -0.1) is 0 Å². The fourth-order valence-corrected chi connectivity index (χ4v) is 3.87. The van der Waals surface area contributed by atoms with E-state index in [0.717, 1.165) is 0 Å². The Morgan fingerprint density at radius 1 is 1.03 bits per heavy atom. The predicted molar refractivity (Wildman–Crippen MR) is 119 cm³/mol. The van der Waals surface area contributed by atoms with Gasteiger partial charge >= 0.3 is 5.97 Å². The average molecular weight is 473 g/mol. The number of aromatic carboxylic acids is 1. The van der Waals surface area contributed by atoms with E-state index in [1.807, 2.05) is 0 Å². The number of hydrogen-bond acceptors (Lipinski definition) is 6. The Bertz CT molecular complexity index is 1330. The molecular formula is C22H17ClN2O6S. The Balaban J connectivity index is 1.97. The number of halogens is 1. The Labute approximate surface area is 189 Å². The van der Waals surface area contributed by atoms with Crippen molar-refractivity contribution in [2.24, 2.45) is 0 Å². The first-order valence-corrected chi connectivity index (χ1v) is 10.9. The number of anilines is 1. The number of pyridine rings is 1. The van der Waals surface area contributed by atoms with Crippen LogP contribution in [0.2, 0.25) is 5.02 Å². The molecule has 0 spiro atoms. The van der Waals surface area contributed by atoms with Crippen molar-refractivity contribution < 1.29 is 27.8 Å². The van der Waals surface area contributed by atoms with Gasteiger partial charge in [-0.2, -0.15) is 0 Å². The molecular weight excluding hydrogens is 456 g/mol. The molecule has 0 radical (unpaired) electrons. The SMILES string of the molecule is COc1ccc(S(=O)(=O)Nc2ccc(Cl)cc2C#Cc2cnc(C(=O)O)cc2OC)cc1. The summed E-state index contributed by atoms with van der Waals surface area (Å²) in [4.78, 5) is 15.0. The molecule has 0 aliphatic carbocycles. The number of ether oxygens (including phenoxy) is 2. The Hall–Kier alpha value is -3.74. The average Bonchev–Trinajstić information content (AvgIpc) is 2.78. The first kappa shape index (κ1) is 22.9. The van der Waals surface area contributed by atoms with Crippen LogP contribution in [0.5, 0.6) is 11.5 Å². The summed E-state index contributed by atoms with van der Waals surface area (Å²) in [5.41, 5.74) is 0.648. The summed E-state index contributed by atoms with van der Waals surface area (Å²) < 4.78 is 38.3. The minimum absolute atomic E-state index is 0.0438. The van der Waals surface area contributed by atoms with Crippen molar-refractivity contribution in [1.29, 1.82) is 0 Å². The molecule has 0 saturated carbocycles. The van der Waals surface area contributed by atoms with E-state index in [2.05, 4.69) is 21.5 Å². The summed E-state index contributed by atoms with van der Waals surface area (Å²) in [6.07, 6.45) is 1.26. The molecule has 164 valence electrons. The summed E-state index contributed by atoms with van der Waals surface area (Å²) in [6.45, 7) is 0. The Morgan fingerprint density at radius 2 is 1.72 bits per heavy atom. The van der Waals surface area contributed by atoms with Crippen molar-refractivity contribution in [3.8, 4) is 23.3 Å². The van der Waals surface area contributed by atoms with Crippen LogP contribution in [0.1, 0.15) is 21.6 Å². The van der Waals surface area contributed by atoms with E-state index < -0.39 is 16.0 Å². The maximum atomic E-state index is 12.8. The number of rotatable bonds is 6. The van der Waals surface area contributed by atoms with Crippen molar-refractivity contribution in [3.63, 3.8) is 0 Å². The molecule has 8 nitrogen and oxygen atoms in total. The lowest BCUT2D eigenvalue weighted by Gasteiger charge is -2.11. The molecule has 0 bridgehead atoms. The first-order valence-electron chi connectivity index (χ1n) is 8.99. The lowest BCUT2D eigenvalue weighted by molar-refractivity contribution is 0.0690. The van der Waals surface area contributed by atoms with E-state index in [4.69, 9.17) is 26.2 Å². The summed E-state index contributed by atoms with van der Waals surface area (Å²) in [6, 6.07) is 11.7. The number of aromatic nitrogens is 1. The van der Waals surface area contributed by atoms with Gasteiger partial charge in [0, 0.05) is 17.3 Å². The van der Waals surface area contributed by atoms with Crippen molar-refractivity contribution in [2.75, 3.05) is 18.9 Å². The number of nitrogens with one attached hydrogen (secondary N) is 1. The van der Waals surface area contributed by atoms with Gasteiger partial charge in [-0.3, -0.25) is 4.72 Å². The van der Waals surface area contributed by atoms with Gasteiger partial charge in [0.15, 0.2) is 5.69 Å². The van der Waals surface area contributed by atoms with Gasteiger partial charge in [-0.25, -0.2) is 18.2 Å². The maximum absolute atomic E-state index is 12.8. The van der Waals surface area contributed by atoms with E-state index in [9.17, 15) is 13.2 Å². The highest BCUT2D eigenvalue weighted by Crippen LogP contribution is 2.25. The molecule has 3 aromatic rings. The van der Waals surface area contributed by atoms with Gasteiger partial charge in [0.25, 0.3) is 10.0 Å². The van der Waals surface area contributed by atoms with Gasteiger partial charge < -0.3 is 14.6 Å². The number of sulfonamides is 1. The van der Waals surface area contributed by atoms with Gasteiger partial charge in [0.2, 0.25) is 0 Å². The largest absolute Gasteiger partial charge is 0.497 e. The molecule has 0 fully saturated rings. The minimum Gasteiger partial charge on any atom is -0.497 e. The molecule has 0 amide bonds. The number of carbonyl (C=O) groups is 1. The molecule has 0 aliphatic heterocycles. The van der Waals surface area contributed by atoms with E-state index in [1.54, 1.807) is 0 Å². The normalized spacial score (nSPS) is 10.6. The number of nitrogens with zero attached hydrogens (tertiary/aromatic N) is 1. The molecule has 1 aromatic heterocycles. The third kappa shape index (κ3) is 5.29. The van der Waals surface area contributed by atoms with Crippen molar-refractivity contribution in [1.82, 2.24) is 4.98 Å². The van der Waals surface area contributed by atoms with Crippen molar-refractivity contribution in [2.45, 2.75) is 4.90 Å². The van der Waals surface area contributed by atoms with Gasteiger partial charge in [-0.1, -0.05) is 23.4 Å². The first-order chi connectivity index (χ1) is 15.2. The fourth-order valence-electron chi connectivity index (χ4n) is 2.62. The number of carboxylic acid groups (broad SMARTS) is 1. The number of hydrogen-bond donors (Lipinski definition) is 2. The van der Waals surface area contributed by atoms with Gasteiger partial charge in [0.05, 0.1) is 35.9 Å². The second kappa shape index (κ2) is 9.60. The van der Waals surface area contributed by atoms with Gasteiger partial charge in [0.1, 0.15) is 11.5 Å². The highest BCUT2D eigenvalue weighted by atomic mass is 35.5. The number of benzene rings is 2. The van der Waals surface area contributed by atoms with Crippen LogP contribution in [0.25, 0.3) is 0 Å². The molecule has 0 atom stereocenters. The maximum Gasteiger partial charge on any atom is 0.354 e. The molecule has 10 heteroatoms. The third-order valence-electron chi connectivity index (χ3n) is 4.23. The van der Waals surface area contributed by atoms with Crippen LogP contribution in [-0.4, -0.2) is 38.7 Å².